The van der Waals surface area contributed by atoms with Gasteiger partial charge in [0.25, 0.3) is 0 Å². The van der Waals surface area contributed by atoms with Crippen LogP contribution >= 0.6 is 0 Å². The number of rotatable bonds is 10. The smallest absolute Gasteiger partial charge is 0.330 e. The quantitative estimate of drug-likeness (QED) is 0.164. The highest BCUT2D eigenvalue weighted by molar-refractivity contribution is 6.01. The Morgan fingerprint density at radius 3 is 1.50 bits per heavy atom. The molecule has 0 aromatic heterocycles. The van der Waals surface area contributed by atoms with Gasteiger partial charge in [0.1, 0.15) is 11.4 Å². The molecule has 4 aromatic rings. The summed E-state index contributed by atoms with van der Waals surface area (Å²) in [4.78, 5) is 26.6. The van der Waals surface area contributed by atoms with E-state index in [0.29, 0.717) is 90.0 Å². The molecule has 62 heavy (non-hydrogen) atoms. The number of quaternary nitrogens is 1. The van der Waals surface area contributed by atoms with Crippen LogP contribution in [0.1, 0.15) is 68.2 Å². The Morgan fingerprint density at radius 2 is 1.03 bits per heavy atom. The molecule has 3 unspecified atom stereocenters. The van der Waals surface area contributed by atoms with Crippen LogP contribution < -0.4 is 14.3 Å². The Bertz CT molecular complexity index is 2100. The van der Waals surface area contributed by atoms with Crippen LogP contribution in [0.15, 0.2) is 97.1 Å². The predicted octanol–water partition coefficient (Wildman–Crippen LogP) is 7.00. The second kappa shape index (κ2) is 17.4. The summed E-state index contributed by atoms with van der Waals surface area (Å²) < 4.78 is 11.3. The van der Waals surface area contributed by atoms with Gasteiger partial charge >= 0.3 is 5.91 Å². The number of nitrogens with zero attached hydrogens (tertiary/aromatic N) is 5. The standard InChI is InChI=1S/C52H68N5O5/c1-39-37-56(38-40(2)54(39)4)48-12-8-6-10-42(48)36-50(35-41-9-5-7-11-47(41)55-28-26-53(3)27-29-55)21-30-57(49(50)58,45-17-13-43(14-18-45)51(59)22-31-61-32-23-51)46-19-15-44(16-20-46)52(60)24-33-62-34-25-52/h5-20,39-40,59-60H,21-38H2,1-4H3/q+1. The topological polar surface area (TPSA) is 89.0 Å². The molecule has 5 saturated heterocycles. The van der Waals surface area contributed by atoms with Crippen molar-refractivity contribution in [2.24, 2.45) is 5.41 Å². The first-order valence-corrected chi connectivity index (χ1v) is 23.2. The van der Waals surface area contributed by atoms with Gasteiger partial charge in [-0.1, -0.05) is 60.7 Å². The van der Waals surface area contributed by atoms with Gasteiger partial charge in [0.05, 0.1) is 23.2 Å². The fourth-order valence-corrected chi connectivity index (χ4v) is 11.4. The fraction of sp³-hybridized carbons (Fsp3) is 0.519. The Kier molecular flexibility index (Phi) is 12.1. The predicted molar refractivity (Wildman–Crippen MR) is 248 cm³/mol. The third-order valence-corrected chi connectivity index (χ3v) is 15.6. The van der Waals surface area contributed by atoms with Crippen LogP contribution in [0.5, 0.6) is 0 Å². The molecule has 330 valence electrons. The molecule has 5 heterocycles. The number of amides is 1. The average Bonchev–Trinajstić information content (AvgIpc) is 3.57. The van der Waals surface area contributed by atoms with E-state index in [-0.39, 0.29) is 10.4 Å². The third-order valence-electron chi connectivity index (χ3n) is 15.6. The summed E-state index contributed by atoms with van der Waals surface area (Å²) in [5.41, 5.74) is 5.75. The number of para-hydroxylation sites is 2. The molecule has 0 aliphatic carbocycles. The molecule has 0 radical (unpaired) electrons. The van der Waals surface area contributed by atoms with E-state index in [1.807, 2.05) is 24.3 Å². The molecule has 0 saturated carbocycles. The van der Waals surface area contributed by atoms with Gasteiger partial charge in [-0.05, 0) is 75.2 Å². The molecule has 10 nitrogen and oxygen atoms in total. The molecule has 4 aromatic carbocycles. The Balaban J connectivity index is 1.17. The van der Waals surface area contributed by atoms with Crippen molar-refractivity contribution in [3.63, 3.8) is 0 Å². The van der Waals surface area contributed by atoms with Crippen LogP contribution in [0.25, 0.3) is 0 Å². The van der Waals surface area contributed by atoms with E-state index in [4.69, 9.17) is 9.47 Å². The molecule has 1 amide bonds. The van der Waals surface area contributed by atoms with E-state index in [1.54, 1.807) is 0 Å². The van der Waals surface area contributed by atoms with Crippen molar-refractivity contribution in [1.29, 1.82) is 0 Å². The van der Waals surface area contributed by atoms with Gasteiger partial charge in [0.15, 0.2) is 0 Å². The lowest BCUT2D eigenvalue weighted by Gasteiger charge is -2.44. The zero-order valence-electron chi connectivity index (χ0n) is 37.5. The molecule has 0 spiro atoms. The van der Waals surface area contributed by atoms with Crippen molar-refractivity contribution in [2.75, 3.05) is 96.1 Å². The van der Waals surface area contributed by atoms with Gasteiger partial charge < -0.3 is 34.4 Å². The lowest BCUT2D eigenvalue weighted by atomic mass is 9.74. The highest BCUT2D eigenvalue weighted by Gasteiger charge is 2.61. The largest absolute Gasteiger partial charge is 0.385 e. The molecule has 3 atom stereocenters. The normalized spacial score (nSPS) is 26.8. The minimum atomic E-state index is -0.962. The lowest BCUT2D eigenvalue weighted by Crippen LogP contribution is -2.55. The van der Waals surface area contributed by atoms with Gasteiger partial charge in [-0.25, -0.2) is 4.79 Å². The van der Waals surface area contributed by atoms with Gasteiger partial charge in [0, 0.05) is 146 Å². The lowest BCUT2D eigenvalue weighted by molar-refractivity contribution is -0.133. The van der Waals surface area contributed by atoms with Gasteiger partial charge in [0.2, 0.25) is 0 Å². The SMILES string of the molecule is CC1CN(c2ccccc2CC2(Cc3ccccc3N3CCN(C)CC3)CC[N+](c3ccc(C4(O)CCOCC4)cc3)(c3ccc(C4(O)CCOCC4)cc3)C2=O)CC(C)N1C. The van der Waals surface area contributed by atoms with E-state index in [0.717, 1.165) is 61.8 Å². The first kappa shape index (κ1) is 43.1. The summed E-state index contributed by atoms with van der Waals surface area (Å²) in [5.74, 6) is 0.190. The minimum absolute atomic E-state index is 0.0606. The Hall–Kier alpha value is -4.13. The van der Waals surface area contributed by atoms with E-state index >= 15 is 4.79 Å². The van der Waals surface area contributed by atoms with Crippen LogP contribution in [0, 0.1) is 5.41 Å². The summed E-state index contributed by atoms with van der Waals surface area (Å²) in [7, 11) is 4.42. The molecule has 0 bridgehead atoms. The van der Waals surface area contributed by atoms with Crippen molar-refractivity contribution < 1.29 is 24.5 Å². The first-order chi connectivity index (χ1) is 29.9. The first-order valence-electron chi connectivity index (χ1n) is 23.2. The number of likely N-dealkylation sites (N-methyl/N-ethyl adjacent to an activating group) is 2. The van der Waals surface area contributed by atoms with Crippen LogP contribution in [-0.2, 0) is 38.3 Å². The van der Waals surface area contributed by atoms with Crippen molar-refractivity contribution in [2.45, 2.75) is 82.1 Å². The van der Waals surface area contributed by atoms with Gasteiger partial charge in [-0.3, -0.25) is 4.90 Å². The van der Waals surface area contributed by atoms with E-state index in [2.05, 4.69) is 120 Å². The number of hydrogen-bond donors (Lipinski definition) is 2. The maximum atomic E-state index is 16.6. The van der Waals surface area contributed by atoms with Crippen LogP contribution in [0.3, 0.4) is 0 Å². The highest BCUT2D eigenvalue weighted by Crippen LogP contribution is 2.52. The van der Waals surface area contributed by atoms with Crippen molar-refractivity contribution in [3.8, 4) is 0 Å². The maximum absolute atomic E-state index is 16.6. The zero-order valence-corrected chi connectivity index (χ0v) is 37.5. The summed E-state index contributed by atoms with van der Waals surface area (Å²) >= 11 is 0. The van der Waals surface area contributed by atoms with Crippen LogP contribution in [-0.4, -0.2) is 124 Å². The summed E-state index contributed by atoms with van der Waals surface area (Å²) in [6.07, 6.45) is 4.10. The van der Waals surface area contributed by atoms with E-state index in [9.17, 15) is 10.2 Å². The maximum Gasteiger partial charge on any atom is 0.330 e. The van der Waals surface area contributed by atoms with Crippen LogP contribution in [0.4, 0.5) is 22.7 Å². The number of piperazine rings is 2. The Labute approximate surface area is 369 Å². The van der Waals surface area contributed by atoms with Crippen molar-refractivity contribution in [1.82, 2.24) is 14.3 Å². The average molecular weight is 843 g/mol. The van der Waals surface area contributed by atoms with Crippen LogP contribution in [0.2, 0.25) is 0 Å². The number of carbonyl (C=O) groups is 1. The number of ether oxygens (including phenoxy) is 2. The number of carbonyl (C=O) groups excluding carboxylic acids is 1. The molecule has 5 aliphatic heterocycles. The van der Waals surface area contributed by atoms with E-state index < -0.39 is 16.6 Å². The molecule has 10 heteroatoms. The molecule has 9 rings (SSSR count). The molecule has 2 N–H and O–H groups in total. The van der Waals surface area contributed by atoms with E-state index in [1.165, 1.54) is 22.5 Å². The summed E-state index contributed by atoms with van der Waals surface area (Å²) in [6.45, 7) is 13.1. The zero-order chi connectivity index (χ0) is 43.1. The van der Waals surface area contributed by atoms with Gasteiger partial charge in [-0.2, -0.15) is 4.48 Å². The summed E-state index contributed by atoms with van der Waals surface area (Å²) in [5, 5.41) is 23.5. The third kappa shape index (κ3) is 8.01. The molecular weight excluding hydrogens is 775 g/mol. The molecular formula is C52H68N5O5+. The number of hydrogen-bond acceptors (Lipinski definition) is 9. The second-order valence-corrected chi connectivity index (χ2v) is 19.4. The van der Waals surface area contributed by atoms with Crippen molar-refractivity contribution >= 4 is 28.7 Å². The summed E-state index contributed by atoms with van der Waals surface area (Å²) in [6, 6.07) is 35.0. The molecule has 5 aliphatic rings. The monoisotopic (exact) mass is 843 g/mol. The highest BCUT2D eigenvalue weighted by atomic mass is 16.5. The molecule has 5 fully saturated rings. The van der Waals surface area contributed by atoms with Crippen molar-refractivity contribution in [3.05, 3.63) is 119 Å². The Morgan fingerprint density at radius 1 is 0.597 bits per heavy atom. The number of anilines is 2. The number of aliphatic hydroxyl groups is 2. The number of benzene rings is 4. The van der Waals surface area contributed by atoms with Gasteiger partial charge in [-0.15, -0.1) is 0 Å². The second-order valence-electron chi connectivity index (χ2n) is 19.4. The fourth-order valence-electron chi connectivity index (χ4n) is 11.4. The minimum Gasteiger partial charge on any atom is -0.385 e.